The summed E-state index contributed by atoms with van der Waals surface area (Å²) in [6.45, 7) is 1.28. The molecule has 9 nitrogen and oxygen atoms in total. The lowest BCUT2D eigenvalue weighted by molar-refractivity contribution is -0.179. The molecule has 1 saturated heterocycles. The third-order valence-corrected chi connectivity index (χ3v) is 2.64. The first kappa shape index (κ1) is 15.5. The predicted molar refractivity (Wildman–Crippen MR) is 68.3 cm³/mol. The number of hydrogen-bond acceptors (Lipinski definition) is 7. The molecule has 2 atom stereocenters. The Morgan fingerprint density at radius 1 is 1.59 bits per heavy atom. The van der Waals surface area contributed by atoms with Crippen molar-refractivity contribution >= 4 is 24.1 Å². The van der Waals surface area contributed by atoms with Gasteiger partial charge in [-0.2, -0.15) is 0 Å². The zero-order chi connectivity index (χ0) is 16.2. The molecule has 0 aromatic carbocycles. The van der Waals surface area contributed by atoms with Gasteiger partial charge >= 0.3 is 17.7 Å². The molecule has 2 heterocycles. The van der Waals surface area contributed by atoms with Crippen molar-refractivity contribution in [1.29, 1.82) is 0 Å². The highest BCUT2D eigenvalue weighted by Crippen LogP contribution is 2.23. The summed E-state index contributed by atoms with van der Waals surface area (Å²) in [5.41, 5.74) is -3.26. The Kier molecular flexibility index (Phi) is 4.39. The van der Waals surface area contributed by atoms with Gasteiger partial charge in [-0.1, -0.05) is 5.16 Å². The number of urea groups is 1. The summed E-state index contributed by atoms with van der Waals surface area (Å²) in [5, 5.41) is 6.95. The highest BCUT2D eigenvalue weighted by molar-refractivity contribution is 6.14. The lowest BCUT2D eigenvalue weighted by atomic mass is 10.0. The number of nitrogens with one attached hydrogen (secondary N) is 2. The van der Waals surface area contributed by atoms with E-state index in [0.29, 0.717) is 0 Å². The van der Waals surface area contributed by atoms with Crippen molar-refractivity contribution in [2.24, 2.45) is 5.16 Å². The summed E-state index contributed by atoms with van der Waals surface area (Å²) in [7, 11) is 0. The monoisotopic (exact) mass is 313 g/mol. The van der Waals surface area contributed by atoms with E-state index in [1.54, 1.807) is 11.4 Å². The molecule has 10 heteroatoms. The number of ether oxygens (including phenoxy) is 1. The second-order valence-electron chi connectivity index (χ2n) is 4.10. The molecular formula is C12H12FN3O6. The van der Waals surface area contributed by atoms with E-state index in [4.69, 9.17) is 9.25 Å². The molecule has 1 aromatic heterocycles. The fourth-order valence-electron chi connectivity index (χ4n) is 1.61. The van der Waals surface area contributed by atoms with Crippen LogP contribution in [0.5, 0.6) is 0 Å². The van der Waals surface area contributed by atoms with Crippen molar-refractivity contribution in [1.82, 2.24) is 10.6 Å². The van der Waals surface area contributed by atoms with Gasteiger partial charge in [-0.25, -0.2) is 14.0 Å². The number of imide groups is 1. The van der Waals surface area contributed by atoms with E-state index >= 15 is 0 Å². The molecule has 0 saturated carbocycles. The first-order valence-corrected chi connectivity index (χ1v) is 6.19. The first-order chi connectivity index (χ1) is 10.5. The molecule has 1 aliphatic rings. The van der Waals surface area contributed by atoms with Gasteiger partial charge in [0.2, 0.25) is 0 Å². The normalized spacial score (nSPS) is 24.7. The number of nitrogens with zero attached hydrogens (tertiary/aromatic N) is 1. The minimum absolute atomic E-state index is 0.159. The third-order valence-electron chi connectivity index (χ3n) is 2.64. The van der Waals surface area contributed by atoms with Crippen LogP contribution in [0.4, 0.5) is 9.18 Å². The molecule has 1 fully saturated rings. The number of hydrogen-bond donors (Lipinski definition) is 2. The second kappa shape index (κ2) is 6.24. The predicted octanol–water partition coefficient (Wildman–Crippen LogP) is 0.0670. The zero-order valence-electron chi connectivity index (χ0n) is 11.4. The van der Waals surface area contributed by atoms with Crippen LogP contribution < -0.4 is 10.6 Å². The second-order valence-corrected chi connectivity index (χ2v) is 4.10. The van der Waals surface area contributed by atoms with Crippen LogP contribution in [-0.2, 0) is 19.2 Å². The molecule has 0 radical (unpaired) electrons. The molecule has 1 aromatic rings. The Morgan fingerprint density at radius 2 is 2.36 bits per heavy atom. The van der Waals surface area contributed by atoms with Crippen molar-refractivity contribution < 1.29 is 32.8 Å². The van der Waals surface area contributed by atoms with E-state index in [1.807, 2.05) is 5.32 Å². The number of carbonyl (C=O) groups is 3. The van der Waals surface area contributed by atoms with Crippen LogP contribution >= 0.6 is 0 Å². The molecule has 0 aliphatic carbocycles. The Balaban J connectivity index is 2.17. The molecule has 3 amide bonds. The maximum absolute atomic E-state index is 14.7. The Hall–Kier alpha value is -2.91. The Morgan fingerprint density at radius 3 is 3.00 bits per heavy atom. The summed E-state index contributed by atoms with van der Waals surface area (Å²) >= 11 is 0. The van der Waals surface area contributed by atoms with Gasteiger partial charge in [0.1, 0.15) is 12.0 Å². The zero-order valence-corrected chi connectivity index (χ0v) is 11.4. The fraction of sp³-hybridized carbons (Fsp3) is 0.333. The van der Waals surface area contributed by atoms with E-state index in [0.717, 1.165) is 6.21 Å². The third kappa shape index (κ3) is 2.90. The highest BCUT2D eigenvalue weighted by atomic mass is 19.1. The van der Waals surface area contributed by atoms with Crippen LogP contribution in [0.15, 0.2) is 28.0 Å². The largest absolute Gasteiger partial charge is 0.463 e. The first-order valence-electron chi connectivity index (χ1n) is 6.19. The maximum atomic E-state index is 14.7. The van der Waals surface area contributed by atoms with Crippen LogP contribution in [0, 0.1) is 0 Å². The molecule has 0 unspecified atom stereocenters. The summed E-state index contributed by atoms with van der Waals surface area (Å²) < 4.78 is 24.1. The lowest BCUT2D eigenvalue weighted by Gasteiger charge is -2.32. The topological polar surface area (TPSA) is 119 Å². The van der Waals surface area contributed by atoms with Crippen molar-refractivity contribution in [3.05, 3.63) is 24.2 Å². The number of oxime groups is 1. The number of alkyl halides is 1. The van der Waals surface area contributed by atoms with Gasteiger partial charge < -0.3 is 14.0 Å². The SMILES string of the molecule is CCOC(=O)[C@@]1(F)C(=O)NC(=O)N[C@@H]1O/N=C\c1ccco1. The van der Waals surface area contributed by atoms with Gasteiger partial charge in [0.25, 0.3) is 12.1 Å². The van der Waals surface area contributed by atoms with E-state index in [1.165, 1.54) is 19.3 Å². The summed E-state index contributed by atoms with van der Waals surface area (Å²) in [5.74, 6) is -2.70. The summed E-state index contributed by atoms with van der Waals surface area (Å²) in [6, 6.07) is 2.09. The number of halogens is 1. The lowest BCUT2D eigenvalue weighted by Crippen LogP contribution is -2.70. The quantitative estimate of drug-likeness (QED) is 0.343. The Bertz CT molecular complexity index is 602. The van der Waals surface area contributed by atoms with Crippen LogP contribution in [-0.4, -0.2) is 42.6 Å². The fourth-order valence-corrected chi connectivity index (χ4v) is 1.61. The van der Waals surface area contributed by atoms with Crippen LogP contribution in [0.2, 0.25) is 0 Å². The maximum Gasteiger partial charge on any atom is 0.360 e. The minimum atomic E-state index is -3.26. The average molecular weight is 313 g/mol. The number of furan rings is 1. The Labute approximate surface area is 123 Å². The van der Waals surface area contributed by atoms with Crippen molar-refractivity contribution in [3.63, 3.8) is 0 Å². The van der Waals surface area contributed by atoms with E-state index in [-0.39, 0.29) is 12.4 Å². The number of carbonyl (C=O) groups excluding carboxylic acids is 3. The van der Waals surface area contributed by atoms with E-state index < -0.39 is 29.8 Å². The van der Waals surface area contributed by atoms with Crippen LogP contribution in [0.1, 0.15) is 12.7 Å². The number of amides is 3. The van der Waals surface area contributed by atoms with Crippen molar-refractivity contribution in [2.75, 3.05) is 6.61 Å². The van der Waals surface area contributed by atoms with E-state index in [9.17, 15) is 18.8 Å². The molecular weight excluding hydrogens is 301 g/mol. The van der Waals surface area contributed by atoms with Gasteiger partial charge in [-0.3, -0.25) is 15.4 Å². The van der Waals surface area contributed by atoms with Gasteiger partial charge in [-0.05, 0) is 19.1 Å². The summed E-state index contributed by atoms with van der Waals surface area (Å²) in [6.07, 6.45) is 0.471. The summed E-state index contributed by atoms with van der Waals surface area (Å²) in [4.78, 5) is 39.3. The van der Waals surface area contributed by atoms with Gasteiger partial charge in [0.15, 0.2) is 0 Å². The smallest absolute Gasteiger partial charge is 0.360 e. The number of rotatable bonds is 5. The molecule has 2 rings (SSSR count). The van der Waals surface area contributed by atoms with Crippen LogP contribution in [0.3, 0.4) is 0 Å². The van der Waals surface area contributed by atoms with Gasteiger partial charge in [-0.15, -0.1) is 0 Å². The van der Waals surface area contributed by atoms with Crippen molar-refractivity contribution in [3.8, 4) is 0 Å². The molecule has 118 valence electrons. The van der Waals surface area contributed by atoms with Gasteiger partial charge in [0.05, 0.1) is 12.9 Å². The molecule has 2 N–H and O–H groups in total. The average Bonchev–Trinajstić information content (AvgIpc) is 2.97. The highest BCUT2D eigenvalue weighted by Gasteiger charge is 2.61. The molecule has 0 bridgehead atoms. The standard InChI is InChI=1S/C12H12FN3O6/c1-2-20-10(18)12(13)8(17)15-11(19)16-9(12)22-14-6-7-4-3-5-21-7/h3-6,9H,2H2,1H3,(H2,15,16,17,19)/b14-6-/t9-,12-/m1/s1. The van der Waals surface area contributed by atoms with Crippen LogP contribution in [0.25, 0.3) is 0 Å². The van der Waals surface area contributed by atoms with E-state index in [2.05, 4.69) is 9.89 Å². The molecule has 22 heavy (non-hydrogen) atoms. The van der Waals surface area contributed by atoms with Crippen molar-refractivity contribution in [2.45, 2.75) is 18.8 Å². The minimum Gasteiger partial charge on any atom is -0.463 e. The van der Waals surface area contributed by atoms with Gasteiger partial charge in [0, 0.05) is 0 Å². The molecule has 1 aliphatic heterocycles. The number of esters is 1. The molecule has 0 spiro atoms.